The molecule has 2 saturated heterocycles. The number of anilines is 1. The Morgan fingerprint density at radius 1 is 1.17 bits per heavy atom. The number of amides is 3. The summed E-state index contributed by atoms with van der Waals surface area (Å²) in [5.41, 5.74) is 2.00. The van der Waals surface area contributed by atoms with Crippen molar-refractivity contribution in [3.63, 3.8) is 0 Å². The van der Waals surface area contributed by atoms with Gasteiger partial charge in [0.25, 0.3) is 0 Å². The van der Waals surface area contributed by atoms with Gasteiger partial charge in [0.15, 0.2) is 0 Å². The summed E-state index contributed by atoms with van der Waals surface area (Å²) in [4.78, 5) is 38.8. The number of piperidine rings is 1. The normalized spacial score (nSPS) is 19.3. The lowest BCUT2D eigenvalue weighted by Gasteiger charge is -2.33. The molecule has 0 N–H and O–H groups in total. The Labute approximate surface area is 180 Å². The molecule has 0 saturated carbocycles. The molecule has 158 valence electrons. The number of hydrogen-bond donors (Lipinski definition) is 0. The predicted octanol–water partition coefficient (Wildman–Crippen LogP) is 2.75. The molecule has 1 unspecified atom stereocenters. The summed E-state index contributed by atoms with van der Waals surface area (Å²) in [6.45, 7) is 4.30. The van der Waals surface area contributed by atoms with E-state index in [2.05, 4.69) is 9.97 Å². The molecule has 8 nitrogen and oxygen atoms in total. The van der Waals surface area contributed by atoms with Crippen molar-refractivity contribution in [3.05, 3.63) is 47.2 Å². The molecule has 1 atom stereocenters. The Hall–Kier alpha value is -2.87. The predicted molar refractivity (Wildman–Crippen MR) is 113 cm³/mol. The third kappa shape index (κ3) is 4.64. The summed E-state index contributed by atoms with van der Waals surface area (Å²) >= 11 is 5.80. The van der Waals surface area contributed by atoms with Crippen LogP contribution in [0.2, 0.25) is 5.02 Å². The number of carbonyl (C=O) groups is 2. The van der Waals surface area contributed by atoms with E-state index in [4.69, 9.17) is 16.3 Å². The first-order chi connectivity index (χ1) is 14.5. The summed E-state index contributed by atoms with van der Waals surface area (Å²) in [6.07, 6.45) is 4.43. The molecule has 0 spiro atoms. The van der Waals surface area contributed by atoms with Gasteiger partial charge in [0.1, 0.15) is 12.6 Å². The van der Waals surface area contributed by atoms with Crippen LogP contribution in [0.25, 0.3) is 0 Å². The molecule has 1 aromatic carbocycles. The first kappa shape index (κ1) is 20.4. The van der Waals surface area contributed by atoms with Crippen molar-refractivity contribution >= 4 is 29.2 Å². The number of rotatable bonds is 5. The van der Waals surface area contributed by atoms with Crippen LogP contribution in [0.1, 0.15) is 18.4 Å². The highest BCUT2D eigenvalue weighted by atomic mass is 35.5. The summed E-state index contributed by atoms with van der Waals surface area (Å²) < 4.78 is 5.80. The van der Waals surface area contributed by atoms with Crippen molar-refractivity contribution in [2.24, 2.45) is 0 Å². The molecule has 0 radical (unpaired) electrons. The lowest BCUT2D eigenvalue weighted by molar-refractivity contribution is -0.134. The fourth-order valence-corrected chi connectivity index (χ4v) is 3.83. The van der Waals surface area contributed by atoms with Crippen LogP contribution in [-0.2, 0) is 4.79 Å². The van der Waals surface area contributed by atoms with Crippen molar-refractivity contribution in [2.75, 3.05) is 37.6 Å². The minimum Gasteiger partial charge on any atom is -0.458 e. The van der Waals surface area contributed by atoms with E-state index in [-0.39, 0.29) is 30.6 Å². The van der Waals surface area contributed by atoms with E-state index in [9.17, 15) is 9.59 Å². The summed E-state index contributed by atoms with van der Waals surface area (Å²) in [5, 5.41) is 0.442. The number of nitrogens with zero attached hydrogens (tertiary/aromatic N) is 5. The third-order valence-electron chi connectivity index (χ3n) is 5.37. The second kappa shape index (κ2) is 8.87. The molecule has 4 rings (SSSR count). The van der Waals surface area contributed by atoms with E-state index in [0.29, 0.717) is 31.2 Å². The number of benzene rings is 1. The zero-order valence-electron chi connectivity index (χ0n) is 16.8. The van der Waals surface area contributed by atoms with E-state index in [1.54, 1.807) is 14.7 Å². The number of carbonyl (C=O) groups excluding carboxylic acids is 2. The first-order valence-corrected chi connectivity index (χ1v) is 10.4. The van der Waals surface area contributed by atoms with Crippen molar-refractivity contribution in [1.82, 2.24) is 19.8 Å². The van der Waals surface area contributed by atoms with Crippen molar-refractivity contribution in [1.29, 1.82) is 0 Å². The van der Waals surface area contributed by atoms with Gasteiger partial charge in [-0.15, -0.1) is 0 Å². The standard InChI is InChI=1S/C21H24ClN5O3/c1-15-4-6-17(7-5-15)27-10-9-26(21(27)29)14-19(28)25-8-2-3-18(13-25)30-20-23-11-16(22)12-24-20/h4-7,11-12,18H,2-3,8-10,13-14H2,1H3. The highest BCUT2D eigenvalue weighted by molar-refractivity contribution is 6.30. The van der Waals surface area contributed by atoms with Gasteiger partial charge in [0, 0.05) is 25.3 Å². The summed E-state index contributed by atoms with van der Waals surface area (Å²) in [6, 6.07) is 7.95. The van der Waals surface area contributed by atoms with Crippen LogP contribution in [0.5, 0.6) is 6.01 Å². The molecule has 3 amide bonds. The second-order valence-electron chi connectivity index (χ2n) is 7.60. The van der Waals surface area contributed by atoms with Crippen molar-refractivity contribution < 1.29 is 14.3 Å². The van der Waals surface area contributed by atoms with E-state index in [1.165, 1.54) is 12.4 Å². The number of halogens is 1. The molecule has 3 heterocycles. The fourth-order valence-electron chi connectivity index (χ4n) is 3.73. The molecule has 2 aliphatic heterocycles. The fraction of sp³-hybridized carbons (Fsp3) is 0.429. The maximum absolute atomic E-state index is 12.8. The van der Waals surface area contributed by atoms with Gasteiger partial charge < -0.3 is 14.5 Å². The largest absolute Gasteiger partial charge is 0.458 e. The quantitative estimate of drug-likeness (QED) is 0.730. The van der Waals surface area contributed by atoms with Gasteiger partial charge in [-0.05, 0) is 31.9 Å². The molecular formula is C21H24ClN5O3. The average molecular weight is 430 g/mol. The van der Waals surface area contributed by atoms with Gasteiger partial charge in [0.05, 0.1) is 24.0 Å². The van der Waals surface area contributed by atoms with Gasteiger partial charge in [0.2, 0.25) is 5.91 Å². The van der Waals surface area contributed by atoms with Gasteiger partial charge >= 0.3 is 12.0 Å². The minimum atomic E-state index is -0.179. The van der Waals surface area contributed by atoms with Crippen LogP contribution in [0, 0.1) is 6.92 Å². The number of aryl methyl sites for hydroxylation is 1. The van der Waals surface area contributed by atoms with Crippen LogP contribution in [0.3, 0.4) is 0 Å². The topological polar surface area (TPSA) is 78.9 Å². The van der Waals surface area contributed by atoms with E-state index >= 15 is 0 Å². The minimum absolute atomic E-state index is 0.0700. The van der Waals surface area contributed by atoms with E-state index in [1.807, 2.05) is 31.2 Å². The van der Waals surface area contributed by atoms with Gasteiger partial charge in [-0.1, -0.05) is 29.3 Å². The Morgan fingerprint density at radius 3 is 2.63 bits per heavy atom. The smallest absolute Gasteiger partial charge is 0.325 e. The second-order valence-corrected chi connectivity index (χ2v) is 8.03. The van der Waals surface area contributed by atoms with Crippen LogP contribution < -0.4 is 9.64 Å². The van der Waals surface area contributed by atoms with E-state index in [0.717, 1.165) is 24.1 Å². The molecular weight excluding hydrogens is 406 g/mol. The number of hydrogen-bond acceptors (Lipinski definition) is 5. The van der Waals surface area contributed by atoms with Crippen LogP contribution in [0.4, 0.5) is 10.5 Å². The number of aromatic nitrogens is 2. The Bertz CT molecular complexity index is 906. The molecule has 2 aliphatic rings. The van der Waals surface area contributed by atoms with E-state index < -0.39 is 0 Å². The number of urea groups is 1. The molecule has 0 bridgehead atoms. The van der Waals surface area contributed by atoms with Gasteiger partial charge in [-0.25, -0.2) is 14.8 Å². The highest BCUT2D eigenvalue weighted by Crippen LogP contribution is 2.22. The van der Waals surface area contributed by atoms with Crippen molar-refractivity contribution in [2.45, 2.75) is 25.9 Å². The molecule has 30 heavy (non-hydrogen) atoms. The Kier molecular flexibility index (Phi) is 6.03. The van der Waals surface area contributed by atoms with Crippen LogP contribution >= 0.6 is 11.6 Å². The van der Waals surface area contributed by atoms with Crippen molar-refractivity contribution in [3.8, 4) is 6.01 Å². The van der Waals surface area contributed by atoms with Gasteiger partial charge in [-0.2, -0.15) is 0 Å². The number of likely N-dealkylation sites (tertiary alicyclic amines) is 1. The monoisotopic (exact) mass is 429 g/mol. The van der Waals surface area contributed by atoms with Crippen LogP contribution in [-0.4, -0.2) is 70.5 Å². The zero-order chi connectivity index (χ0) is 21.1. The first-order valence-electron chi connectivity index (χ1n) is 10.0. The average Bonchev–Trinajstić information content (AvgIpc) is 3.11. The zero-order valence-corrected chi connectivity index (χ0v) is 17.6. The molecule has 0 aliphatic carbocycles. The summed E-state index contributed by atoms with van der Waals surface area (Å²) in [5.74, 6) is -0.0700. The molecule has 2 aromatic rings. The van der Waals surface area contributed by atoms with Gasteiger partial charge in [-0.3, -0.25) is 9.69 Å². The Balaban J connectivity index is 1.32. The third-order valence-corrected chi connectivity index (χ3v) is 5.56. The molecule has 2 fully saturated rings. The lowest BCUT2D eigenvalue weighted by atomic mass is 10.1. The molecule has 9 heteroatoms. The maximum atomic E-state index is 12.8. The highest BCUT2D eigenvalue weighted by Gasteiger charge is 2.33. The number of ether oxygens (including phenoxy) is 1. The SMILES string of the molecule is Cc1ccc(N2CCN(CC(=O)N3CCCC(Oc4ncc(Cl)cn4)C3)C2=O)cc1. The molecule has 1 aromatic heterocycles. The summed E-state index contributed by atoms with van der Waals surface area (Å²) in [7, 11) is 0. The Morgan fingerprint density at radius 2 is 1.90 bits per heavy atom. The maximum Gasteiger partial charge on any atom is 0.325 e. The lowest BCUT2D eigenvalue weighted by Crippen LogP contribution is -2.48. The van der Waals surface area contributed by atoms with Crippen LogP contribution in [0.15, 0.2) is 36.7 Å².